The van der Waals surface area contributed by atoms with Gasteiger partial charge in [-0.15, -0.1) is 0 Å². The Morgan fingerprint density at radius 3 is 2.60 bits per heavy atom. The number of benzene rings is 2. The normalized spacial score (nSPS) is 13.7. The van der Waals surface area contributed by atoms with Crippen LogP contribution in [0.25, 0.3) is 11.4 Å². The van der Waals surface area contributed by atoms with E-state index in [9.17, 15) is 0 Å². The number of ether oxygens (including phenoxy) is 2. The van der Waals surface area contributed by atoms with Crippen LogP contribution in [0.2, 0.25) is 0 Å². The molecule has 0 spiro atoms. The summed E-state index contributed by atoms with van der Waals surface area (Å²) in [7, 11) is 0. The highest BCUT2D eigenvalue weighted by Gasteiger charge is 2.20. The summed E-state index contributed by atoms with van der Waals surface area (Å²) in [4.78, 5) is 11.8. The van der Waals surface area contributed by atoms with Gasteiger partial charge < -0.3 is 15.2 Å². The number of hydrogen-bond acceptors (Lipinski definition) is 6. The molecule has 0 amide bonds. The van der Waals surface area contributed by atoms with Gasteiger partial charge in [0.1, 0.15) is 11.5 Å². The summed E-state index contributed by atoms with van der Waals surface area (Å²) in [6, 6.07) is 13.8. The Morgan fingerprint density at radius 2 is 1.83 bits per heavy atom. The predicted molar refractivity (Wildman–Crippen MR) is 118 cm³/mol. The Bertz CT molecular complexity index is 1000. The summed E-state index contributed by atoms with van der Waals surface area (Å²) < 4.78 is 11.5. The van der Waals surface area contributed by atoms with Crippen molar-refractivity contribution >= 4 is 5.69 Å². The van der Waals surface area contributed by atoms with Crippen LogP contribution in [0, 0.1) is 0 Å². The molecule has 3 aromatic rings. The highest BCUT2D eigenvalue weighted by Crippen LogP contribution is 2.28. The minimum atomic E-state index is 0.632. The number of nitrogens with zero attached hydrogens (tertiary/aromatic N) is 3. The molecule has 6 nitrogen and oxygen atoms in total. The Labute approximate surface area is 177 Å². The second-order valence-electron chi connectivity index (χ2n) is 7.38. The zero-order valence-corrected chi connectivity index (χ0v) is 17.6. The van der Waals surface area contributed by atoms with Crippen LogP contribution in [0.5, 0.6) is 11.5 Å². The maximum absolute atomic E-state index is 5.87. The van der Waals surface area contributed by atoms with Gasteiger partial charge in [-0.1, -0.05) is 6.07 Å². The van der Waals surface area contributed by atoms with Gasteiger partial charge >= 0.3 is 0 Å². The first kappa shape index (κ1) is 20.2. The Kier molecular flexibility index (Phi) is 6.14. The number of nitrogen functional groups attached to an aromatic ring is 1. The molecule has 0 radical (unpaired) electrons. The van der Waals surface area contributed by atoms with E-state index in [1.165, 1.54) is 11.1 Å². The summed E-state index contributed by atoms with van der Waals surface area (Å²) in [6.07, 6.45) is 2.86. The van der Waals surface area contributed by atoms with Crippen molar-refractivity contribution in [2.45, 2.75) is 33.4 Å². The first-order chi connectivity index (χ1) is 14.7. The molecule has 0 bridgehead atoms. The molecule has 0 atom stereocenters. The van der Waals surface area contributed by atoms with Crippen molar-refractivity contribution in [3.63, 3.8) is 0 Å². The highest BCUT2D eigenvalue weighted by molar-refractivity contribution is 5.58. The van der Waals surface area contributed by atoms with E-state index >= 15 is 0 Å². The van der Waals surface area contributed by atoms with E-state index in [4.69, 9.17) is 20.2 Å². The minimum absolute atomic E-state index is 0.632. The van der Waals surface area contributed by atoms with Crippen LogP contribution in [-0.2, 0) is 19.5 Å². The second-order valence-corrected chi connectivity index (χ2v) is 7.38. The maximum atomic E-state index is 5.87. The van der Waals surface area contributed by atoms with E-state index in [0.717, 1.165) is 60.3 Å². The fraction of sp³-hybridized carbons (Fsp3) is 0.333. The first-order valence-corrected chi connectivity index (χ1v) is 10.5. The van der Waals surface area contributed by atoms with Crippen molar-refractivity contribution in [3.05, 3.63) is 65.5 Å². The standard InChI is InChI=1S/C24H28N4O2/c1-3-29-21-10-7-18(23(13-21)30-4-2)15-28-12-11-22-19(16-28)14-26-24(27-22)17-5-8-20(25)9-6-17/h5-10,13-14H,3-4,11-12,15-16,25H2,1-2H3. The third-order valence-corrected chi connectivity index (χ3v) is 5.23. The molecule has 6 heteroatoms. The summed E-state index contributed by atoms with van der Waals surface area (Å²) in [5.41, 5.74) is 11.0. The van der Waals surface area contributed by atoms with Crippen LogP contribution in [0.1, 0.15) is 30.7 Å². The van der Waals surface area contributed by atoms with Crippen molar-refractivity contribution in [2.24, 2.45) is 0 Å². The number of nitrogens with two attached hydrogens (primary N) is 1. The lowest BCUT2D eigenvalue weighted by Gasteiger charge is -2.28. The van der Waals surface area contributed by atoms with E-state index in [2.05, 4.69) is 16.0 Å². The number of aromatic nitrogens is 2. The van der Waals surface area contributed by atoms with Gasteiger partial charge in [0.15, 0.2) is 5.82 Å². The third-order valence-electron chi connectivity index (χ3n) is 5.23. The van der Waals surface area contributed by atoms with Gasteiger partial charge in [-0.05, 0) is 44.2 Å². The third kappa shape index (κ3) is 4.54. The van der Waals surface area contributed by atoms with Gasteiger partial charge in [-0.25, -0.2) is 9.97 Å². The molecule has 0 saturated heterocycles. The van der Waals surface area contributed by atoms with E-state index in [1.807, 2.05) is 56.4 Å². The molecule has 1 aliphatic heterocycles. The van der Waals surface area contributed by atoms with Crippen LogP contribution < -0.4 is 15.2 Å². The summed E-state index contributed by atoms with van der Waals surface area (Å²) in [5, 5.41) is 0. The summed E-state index contributed by atoms with van der Waals surface area (Å²) in [5.74, 6) is 2.49. The fourth-order valence-electron chi connectivity index (χ4n) is 3.73. The van der Waals surface area contributed by atoms with Crippen molar-refractivity contribution in [2.75, 3.05) is 25.5 Å². The average Bonchev–Trinajstić information content (AvgIpc) is 2.76. The van der Waals surface area contributed by atoms with Crippen molar-refractivity contribution < 1.29 is 9.47 Å². The largest absolute Gasteiger partial charge is 0.494 e. The quantitative estimate of drug-likeness (QED) is 0.598. The first-order valence-electron chi connectivity index (χ1n) is 10.5. The molecule has 1 aliphatic rings. The van der Waals surface area contributed by atoms with Crippen molar-refractivity contribution in [1.82, 2.24) is 14.9 Å². The molecule has 2 heterocycles. The Hall–Kier alpha value is -3.12. The molecule has 0 saturated carbocycles. The van der Waals surface area contributed by atoms with Gasteiger partial charge in [0.05, 0.1) is 18.9 Å². The molecule has 156 valence electrons. The minimum Gasteiger partial charge on any atom is -0.494 e. The zero-order valence-electron chi connectivity index (χ0n) is 17.6. The predicted octanol–water partition coefficient (Wildman–Crippen LogP) is 4.08. The molecule has 0 aliphatic carbocycles. The molecule has 2 N–H and O–H groups in total. The molecule has 0 unspecified atom stereocenters. The molecule has 2 aromatic carbocycles. The van der Waals surface area contributed by atoms with Gasteiger partial charge in [0.25, 0.3) is 0 Å². The van der Waals surface area contributed by atoms with Gasteiger partial charge in [-0.2, -0.15) is 0 Å². The molecular weight excluding hydrogens is 376 g/mol. The Balaban J connectivity index is 1.49. The number of anilines is 1. The van der Waals surface area contributed by atoms with Crippen LogP contribution >= 0.6 is 0 Å². The van der Waals surface area contributed by atoms with Crippen LogP contribution in [0.15, 0.2) is 48.7 Å². The molecule has 30 heavy (non-hydrogen) atoms. The number of rotatable bonds is 7. The lowest BCUT2D eigenvalue weighted by molar-refractivity contribution is 0.236. The maximum Gasteiger partial charge on any atom is 0.159 e. The van der Waals surface area contributed by atoms with Crippen molar-refractivity contribution in [3.8, 4) is 22.9 Å². The van der Waals surface area contributed by atoms with E-state index in [-0.39, 0.29) is 0 Å². The van der Waals surface area contributed by atoms with Crippen LogP contribution in [-0.4, -0.2) is 34.6 Å². The average molecular weight is 405 g/mol. The van der Waals surface area contributed by atoms with E-state index in [0.29, 0.717) is 13.2 Å². The number of hydrogen-bond donors (Lipinski definition) is 1. The molecular formula is C24H28N4O2. The second kappa shape index (κ2) is 9.13. The van der Waals surface area contributed by atoms with Crippen LogP contribution in [0.4, 0.5) is 5.69 Å². The van der Waals surface area contributed by atoms with Crippen LogP contribution in [0.3, 0.4) is 0 Å². The van der Waals surface area contributed by atoms with E-state index in [1.54, 1.807) is 0 Å². The Morgan fingerprint density at radius 1 is 1.03 bits per heavy atom. The summed E-state index contributed by atoms with van der Waals surface area (Å²) in [6.45, 7) is 7.87. The fourth-order valence-corrected chi connectivity index (χ4v) is 3.73. The molecule has 4 rings (SSSR count). The smallest absolute Gasteiger partial charge is 0.159 e. The lowest BCUT2D eigenvalue weighted by Crippen LogP contribution is -2.31. The topological polar surface area (TPSA) is 73.5 Å². The van der Waals surface area contributed by atoms with Gasteiger partial charge in [0.2, 0.25) is 0 Å². The highest BCUT2D eigenvalue weighted by atomic mass is 16.5. The molecule has 1 aromatic heterocycles. The monoisotopic (exact) mass is 404 g/mol. The van der Waals surface area contributed by atoms with E-state index < -0.39 is 0 Å². The SMILES string of the molecule is CCOc1ccc(CN2CCc3nc(-c4ccc(N)cc4)ncc3C2)c(OCC)c1. The summed E-state index contributed by atoms with van der Waals surface area (Å²) >= 11 is 0. The molecule has 0 fully saturated rings. The lowest BCUT2D eigenvalue weighted by atomic mass is 10.1. The number of fused-ring (bicyclic) bond motifs is 1. The van der Waals surface area contributed by atoms with Crippen molar-refractivity contribution in [1.29, 1.82) is 0 Å². The van der Waals surface area contributed by atoms with Gasteiger partial charge in [0, 0.05) is 60.7 Å². The van der Waals surface area contributed by atoms with Gasteiger partial charge in [-0.3, -0.25) is 4.90 Å². The zero-order chi connectivity index (χ0) is 20.9.